The minimum absolute atomic E-state index is 0. The van der Waals surface area contributed by atoms with Crippen LogP contribution >= 0.6 is 15.6 Å². The van der Waals surface area contributed by atoms with E-state index in [2.05, 4.69) is 4.31 Å². The van der Waals surface area contributed by atoms with E-state index in [0.717, 1.165) is 0 Å². The Morgan fingerprint density at radius 3 is 1.10 bits per heavy atom. The molecule has 0 rings (SSSR count). The van der Waals surface area contributed by atoms with Crippen molar-refractivity contribution in [3.63, 3.8) is 0 Å². The van der Waals surface area contributed by atoms with Gasteiger partial charge in [0.25, 0.3) is 0 Å². The summed E-state index contributed by atoms with van der Waals surface area (Å²) >= 11 is 0. The molecule has 10 heavy (non-hydrogen) atoms. The summed E-state index contributed by atoms with van der Waals surface area (Å²) in [7, 11) is -11.4. The normalized spacial score (nSPS) is 12.4. The second-order valence-corrected chi connectivity index (χ2v) is 3.42. The average molecular weight is 201 g/mol. The summed E-state index contributed by atoms with van der Waals surface area (Å²) in [5.74, 6) is 0. The van der Waals surface area contributed by atoms with E-state index in [-0.39, 0.29) is 17.4 Å². The van der Waals surface area contributed by atoms with Crippen LogP contribution in [0.5, 0.6) is 0 Å². The molecule has 0 saturated heterocycles. The van der Waals surface area contributed by atoms with Crippen molar-refractivity contribution in [2.24, 2.45) is 0 Å². The Morgan fingerprint density at radius 2 is 1.10 bits per heavy atom. The van der Waals surface area contributed by atoms with Gasteiger partial charge in [0.05, 0.1) is 15.6 Å². The molecule has 10 heteroatoms. The van der Waals surface area contributed by atoms with Gasteiger partial charge in [-0.05, 0) is 0 Å². The quantitative estimate of drug-likeness (QED) is 0.330. The first-order valence-corrected chi connectivity index (χ1v) is 4.38. The molecule has 0 atom stereocenters. The monoisotopic (exact) mass is 201 g/mol. The average Bonchev–Trinajstić information content (AvgIpc) is 1.14. The van der Waals surface area contributed by atoms with Gasteiger partial charge < -0.3 is 33.0 Å². The third kappa shape index (κ3) is 11.6. The van der Waals surface area contributed by atoms with Gasteiger partial charge in [-0.1, -0.05) is 0 Å². The van der Waals surface area contributed by atoms with Gasteiger partial charge in [0.1, 0.15) is 0 Å². The molecule has 0 aliphatic heterocycles. The van der Waals surface area contributed by atoms with Crippen LogP contribution in [0.15, 0.2) is 0 Å². The van der Waals surface area contributed by atoms with E-state index in [1.807, 2.05) is 0 Å². The van der Waals surface area contributed by atoms with Crippen molar-refractivity contribution in [2.75, 3.05) is 0 Å². The molecule has 0 aromatic carbocycles. The Labute approximate surface area is 66.6 Å². The van der Waals surface area contributed by atoms with Gasteiger partial charge in [0, 0.05) is 0 Å². The predicted molar refractivity (Wildman–Crippen MR) is 22.1 cm³/mol. The van der Waals surface area contributed by atoms with Crippen LogP contribution in [0.25, 0.3) is 0 Å². The fourth-order valence-electron chi connectivity index (χ4n) is 0.122. The molecule has 0 spiro atoms. The zero-order chi connectivity index (χ0) is 7.71. The van der Waals surface area contributed by atoms with Crippen LogP contribution < -0.4 is 19.6 Å². The van der Waals surface area contributed by atoms with Crippen molar-refractivity contribution < 1.29 is 33.0 Å². The molecule has 56 valence electrons. The molecule has 0 radical (unpaired) electrons. The Kier molecular flexibility index (Phi) is 5.33. The van der Waals surface area contributed by atoms with E-state index in [1.54, 1.807) is 0 Å². The third-order valence-corrected chi connectivity index (χ3v) is 1.80. The van der Waals surface area contributed by atoms with E-state index in [9.17, 15) is 28.7 Å². The fraction of sp³-hybridized carbons (Fsp3) is 0. The van der Waals surface area contributed by atoms with Crippen LogP contribution in [0.4, 0.5) is 0 Å². The molecule has 0 unspecified atom stereocenters. The van der Waals surface area contributed by atoms with Gasteiger partial charge in [-0.15, -0.1) is 0 Å². The Bertz CT molecular complexity index is 152. The summed E-state index contributed by atoms with van der Waals surface area (Å²) < 4.78 is 21.2. The zero-order valence-corrected chi connectivity index (χ0v) is 7.27. The largest absolute Gasteiger partial charge is 3.00 e. The van der Waals surface area contributed by atoms with Gasteiger partial charge in [0.15, 0.2) is 0 Å². The second kappa shape index (κ2) is 3.98. The molecule has 0 aromatic heterocycles. The Balaban J connectivity index is 0. The first-order chi connectivity index (χ1) is 3.71. The van der Waals surface area contributed by atoms with Gasteiger partial charge in [-0.2, -0.15) is 0 Å². The van der Waals surface area contributed by atoms with Crippen LogP contribution in [0.2, 0.25) is 0 Å². The second-order valence-electron chi connectivity index (χ2n) is 0.976. The smallest absolute Gasteiger partial charge is 0.790 e. The van der Waals surface area contributed by atoms with Gasteiger partial charge in [-0.25, -0.2) is 0 Å². The minimum atomic E-state index is -5.68. The van der Waals surface area contributed by atoms with Gasteiger partial charge in [0.2, 0.25) is 0 Å². The summed E-state index contributed by atoms with van der Waals surface area (Å²) in [6.45, 7) is 0. The van der Waals surface area contributed by atoms with Crippen LogP contribution in [0, 0.1) is 0 Å². The van der Waals surface area contributed by atoms with Gasteiger partial charge in [-0.3, -0.25) is 0 Å². The summed E-state index contributed by atoms with van der Waals surface area (Å²) in [6, 6.07) is 0. The number of hydrogen-bond donors (Lipinski definition) is 0. The molecule has 0 N–H and O–H groups in total. The summed E-state index contributed by atoms with van der Waals surface area (Å²) in [5, 5.41) is 0. The molecule has 0 amide bonds. The first-order valence-electron chi connectivity index (χ1n) is 1.46. The molecular weight excluding hydrogens is 201 g/mol. The Morgan fingerprint density at radius 1 is 0.900 bits per heavy atom. The molecule has 0 bridgehead atoms. The maximum atomic E-state index is 9.32. The Hall–Kier alpha value is 0.792. The SMILES string of the molecule is O=P([O-])([O-])OP(=O)([O-])[O-].[Al+3]. The molecular formula is AlO7P2-. The van der Waals surface area contributed by atoms with E-state index < -0.39 is 15.6 Å². The van der Waals surface area contributed by atoms with Crippen LogP contribution in [0.3, 0.4) is 0 Å². The zero-order valence-electron chi connectivity index (χ0n) is 4.33. The predicted octanol–water partition coefficient (Wildman–Crippen LogP) is -3.72. The summed E-state index contributed by atoms with van der Waals surface area (Å²) in [5.41, 5.74) is 0. The van der Waals surface area contributed by atoms with Crippen LogP contribution in [-0.4, -0.2) is 17.4 Å². The maximum Gasteiger partial charge on any atom is 3.00 e. The number of phosphoric acid groups is 2. The van der Waals surface area contributed by atoms with E-state index >= 15 is 0 Å². The van der Waals surface area contributed by atoms with Crippen molar-refractivity contribution >= 4 is 33.0 Å². The van der Waals surface area contributed by atoms with Crippen LogP contribution in [0.1, 0.15) is 0 Å². The molecule has 0 heterocycles. The van der Waals surface area contributed by atoms with Crippen LogP contribution in [-0.2, 0) is 13.4 Å². The van der Waals surface area contributed by atoms with Crippen molar-refractivity contribution in [1.82, 2.24) is 0 Å². The van der Waals surface area contributed by atoms with Crippen molar-refractivity contribution in [3.8, 4) is 0 Å². The van der Waals surface area contributed by atoms with E-state index in [0.29, 0.717) is 0 Å². The molecule has 0 saturated carbocycles. The first kappa shape index (κ1) is 13.4. The third-order valence-electron chi connectivity index (χ3n) is 0.200. The van der Waals surface area contributed by atoms with Crippen molar-refractivity contribution in [1.29, 1.82) is 0 Å². The molecule has 7 nitrogen and oxygen atoms in total. The topological polar surface area (TPSA) is 136 Å². The van der Waals surface area contributed by atoms with Crippen molar-refractivity contribution in [3.05, 3.63) is 0 Å². The number of hydrogen-bond acceptors (Lipinski definition) is 7. The standard InChI is InChI=1S/Al.H4O7P2/c;1-8(2,3)7-9(4,5)6/h;(H2,1,2,3)(H2,4,5,6)/q+3;/p-4. The fourth-order valence-corrected chi connectivity index (χ4v) is 1.10. The minimum Gasteiger partial charge on any atom is -0.790 e. The molecule has 0 aliphatic rings. The maximum absolute atomic E-state index is 9.32. The van der Waals surface area contributed by atoms with E-state index in [4.69, 9.17) is 0 Å². The molecule has 0 fully saturated rings. The summed E-state index contributed by atoms with van der Waals surface area (Å²) in [6.07, 6.45) is 0. The summed E-state index contributed by atoms with van der Waals surface area (Å²) in [4.78, 5) is 37.3. The van der Waals surface area contributed by atoms with Crippen molar-refractivity contribution in [2.45, 2.75) is 0 Å². The van der Waals surface area contributed by atoms with E-state index in [1.165, 1.54) is 0 Å². The number of rotatable bonds is 2. The molecule has 0 aliphatic carbocycles. The molecule has 0 aromatic rings. The van der Waals surface area contributed by atoms with Gasteiger partial charge >= 0.3 is 17.4 Å².